The van der Waals surface area contributed by atoms with E-state index in [0.29, 0.717) is 39.1 Å². The number of sulfonamides is 1. The summed E-state index contributed by atoms with van der Waals surface area (Å²) < 4.78 is 42.6. The Bertz CT molecular complexity index is 1080. The lowest BCUT2D eigenvalue weighted by molar-refractivity contribution is -0.132. The lowest BCUT2D eigenvalue weighted by Gasteiger charge is -2.27. The van der Waals surface area contributed by atoms with Crippen LogP contribution in [0, 0.1) is 5.82 Å². The van der Waals surface area contributed by atoms with Gasteiger partial charge in [-0.1, -0.05) is 42.5 Å². The van der Waals surface area contributed by atoms with Crippen molar-refractivity contribution in [1.82, 2.24) is 19.8 Å². The Balaban J connectivity index is 1.77. The molecule has 0 spiro atoms. The summed E-state index contributed by atoms with van der Waals surface area (Å²) in [4.78, 5) is 28.5. The molecule has 184 valence electrons. The lowest BCUT2D eigenvalue weighted by atomic mass is 10.1. The molecule has 2 amide bonds. The Morgan fingerprint density at radius 2 is 1.71 bits per heavy atom. The van der Waals surface area contributed by atoms with Gasteiger partial charge in [0.05, 0.1) is 6.54 Å². The van der Waals surface area contributed by atoms with Crippen molar-refractivity contribution in [2.75, 3.05) is 39.3 Å². The molecule has 34 heavy (non-hydrogen) atoms. The fourth-order valence-corrected chi connectivity index (χ4v) is 5.24. The van der Waals surface area contributed by atoms with E-state index in [1.807, 2.05) is 42.2 Å². The molecule has 1 aliphatic heterocycles. The van der Waals surface area contributed by atoms with Crippen molar-refractivity contribution in [3.63, 3.8) is 0 Å². The van der Waals surface area contributed by atoms with E-state index in [0.717, 1.165) is 11.6 Å². The first-order valence-corrected chi connectivity index (χ1v) is 12.9. The van der Waals surface area contributed by atoms with Crippen LogP contribution in [0.2, 0.25) is 0 Å². The molecule has 2 N–H and O–H groups in total. The van der Waals surface area contributed by atoms with Gasteiger partial charge in [-0.3, -0.25) is 14.5 Å². The maximum Gasteiger partial charge on any atom is 0.244 e. The highest BCUT2D eigenvalue weighted by Gasteiger charge is 2.31. The molecule has 1 atom stereocenters. The van der Waals surface area contributed by atoms with Crippen LogP contribution in [0.25, 0.3) is 0 Å². The normalized spacial score (nSPS) is 16.0. The van der Waals surface area contributed by atoms with Crippen LogP contribution in [-0.2, 0) is 26.0 Å². The van der Waals surface area contributed by atoms with Gasteiger partial charge >= 0.3 is 0 Å². The molecule has 0 saturated carbocycles. The van der Waals surface area contributed by atoms with Gasteiger partial charge in [0.15, 0.2) is 0 Å². The van der Waals surface area contributed by atoms with Gasteiger partial charge in [-0.15, -0.1) is 0 Å². The Hall–Kier alpha value is -2.82. The maximum atomic E-state index is 14.2. The minimum absolute atomic E-state index is 0.0677. The third-order valence-electron chi connectivity index (χ3n) is 5.65. The zero-order chi connectivity index (χ0) is 24.6. The Morgan fingerprint density at radius 3 is 2.41 bits per heavy atom. The van der Waals surface area contributed by atoms with Crippen molar-refractivity contribution in [2.45, 2.75) is 30.7 Å². The highest BCUT2D eigenvalue weighted by molar-refractivity contribution is 7.89. The quantitative estimate of drug-likeness (QED) is 0.554. The number of carbonyl (C=O) groups is 2. The molecule has 1 heterocycles. The summed E-state index contributed by atoms with van der Waals surface area (Å²) in [6, 6.07) is 13.1. The second kappa shape index (κ2) is 12.0. The van der Waals surface area contributed by atoms with Gasteiger partial charge in [0.1, 0.15) is 16.8 Å². The highest BCUT2D eigenvalue weighted by atomic mass is 32.2. The first kappa shape index (κ1) is 25.8. The van der Waals surface area contributed by atoms with Crippen molar-refractivity contribution in [1.29, 1.82) is 0 Å². The fraction of sp³-hybridized carbons (Fsp3) is 0.417. The molecule has 1 saturated heterocycles. The van der Waals surface area contributed by atoms with Crippen LogP contribution in [0.3, 0.4) is 0 Å². The molecular weight excluding hydrogens is 459 g/mol. The summed E-state index contributed by atoms with van der Waals surface area (Å²) >= 11 is 0. The van der Waals surface area contributed by atoms with Gasteiger partial charge in [0.2, 0.25) is 21.8 Å². The number of hydrogen-bond acceptors (Lipinski definition) is 5. The minimum Gasteiger partial charge on any atom is -0.355 e. The van der Waals surface area contributed by atoms with Crippen molar-refractivity contribution in [2.24, 2.45) is 0 Å². The van der Waals surface area contributed by atoms with Gasteiger partial charge < -0.3 is 10.2 Å². The Morgan fingerprint density at radius 1 is 1.00 bits per heavy atom. The van der Waals surface area contributed by atoms with Crippen LogP contribution in [0.15, 0.2) is 59.5 Å². The number of nitrogens with zero attached hydrogens (tertiary/aromatic N) is 2. The van der Waals surface area contributed by atoms with Crippen molar-refractivity contribution >= 4 is 21.8 Å². The number of nitrogens with one attached hydrogen (secondary N) is 2. The third kappa shape index (κ3) is 7.09. The van der Waals surface area contributed by atoms with E-state index >= 15 is 0 Å². The average Bonchev–Trinajstić information content (AvgIpc) is 3.04. The first-order valence-electron chi connectivity index (χ1n) is 11.4. The van der Waals surface area contributed by atoms with E-state index in [-0.39, 0.29) is 24.8 Å². The monoisotopic (exact) mass is 490 g/mol. The summed E-state index contributed by atoms with van der Waals surface area (Å²) in [6.07, 6.45) is 0.787. The highest BCUT2D eigenvalue weighted by Crippen LogP contribution is 2.16. The average molecular weight is 491 g/mol. The van der Waals surface area contributed by atoms with Crippen LogP contribution < -0.4 is 10.0 Å². The Labute approximate surface area is 200 Å². The summed E-state index contributed by atoms with van der Waals surface area (Å²) in [5.74, 6) is -1.32. The summed E-state index contributed by atoms with van der Waals surface area (Å²) in [5.41, 5.74) is 0.782. The van der Waals surface area contributed by atoms with Gasteiger partial charge in [-0.25, -0.2) is 12.8 Å². The molecule has 2 aromatic carbocycles. The van der Waals surface area contributed by atoms with Gasteiger partial charge in [-0.2, -0.15) is 4.72 Å². The van der Waals surface area contributed by atoms with E-state index in [9.17, 15) is 22.4 Å². The molecular formula is C24H31FN4O4S. The second-order valence-electron chi connectivity index (χ2n) is 8.20. The summed E-state index contributed by atoms with van der Waals surface area (Å²) in [6.45, 7) is 4.63. The summed E-state index contributed by atoms with van der Waals surface area (Å²) in [7, 11) is -4.27. The SMILES string of the molecule is CCNC(=O)CN1CCCN(C(=O)[C@H](Cc2ccccc2)NS(=O)(=O)c2ccccc2F)CC1. The molecule has 1 fully saturated rings. The molecule has 1 aliphatic rings. The van der Waals surface area contributed by atoms with Gasteiger partial charge in [0.25, 0.3) is 0 Å². The van der Waals surface area contributed by atoms with E-state index in [2.05, 4.69) is 10.0 Å². The molecule has 8 nitrogen and oxygen atoms in total. The van der Waals surface area contributed by atoms with E-state index in [1.165, 1.54) is 18.2 Å². The van der Waals surface area contributed by atoms with Crippen LogP contribution in [0.1, 0.15) is 18.9 Å². The number of hydrogen-bond donors (Lipinski definition) is 2. The topological polar surface area (TPSA) is 98.8 Å². The molecule has 2 aromatic rings. The van der Waals surface area contributed by atoms with Gasteiger partial charge in [0, 0.05) is 32.7 Å². The number of carbonyl (C=O) groups excluding carboxylic acids is 2. The third-order valence-corrected chi connectivity index (χ3v) is 7.15. The number of halogens is 1. The zero-order valence-corrected chi connectivity index (χ0v) is 20.1. The predicted octanol–water partition coefficient (Wildman–Crippen LogP) is 1.39. The van der Waals surface area contributed by atoms with Crippen LogP contribution in [0.5, 0.6) is 0 Å². The molecule has 3 rings (SSSR count). The molecule has 0 bridgehead atoms. The first-order chi connectivity index (χ1) is 16.3. The number of amides is 2. The fourth-order valence-electron chi connectivity index (χ4n) is 3.97. The number of likely N-dealkylation sites (N-methyl/N-ethyl adjacent to an activating group) is 1. The molecule has 10 heteroatoms. The summed E-state index contributed by atoms with van der Waals surface area (Å²) in [5, 5.41) is 2.77. The van der Waals surface area contributed by atoms with Crippen molar-refractivity contribution in [3.8, 4) is 0 Å². The number of rotatable bonds is 9. The van der Waals surface area contributed by atoms with Crippen LogP contribution in [-0.4, -0.2) is 75.3 Å². The van der Waals surface area contributed by atoms with E-state index in [4.69, 9.17) is 0 Å². The van der Waals surface area contributed by atoms with Gasteiger partial charge in [-0.05, 0) is 37.5 Å². The smallest absolute Gasteiger partial charge is 0.244 e. The van der Waals surface area contributed by atoms with E-state index < -0.39 is 26.8 Å². The lowest BCUT2D eigenvalue weighted by Crippen LogP contribution is -2.50. The standard InChI is InChI=1S/C24H31FN4O4S/c1-2-26-23(30)18-28-13-8-14-29(16-15-28)24(31)21(17-19-9-4-3-5-10-19)27-34(32,33)22-12-7-6-11-20(22)25/h3-7,9-12,21,27H,2,8,13-18H2,1H3,(H,26,30)/t21-/m0/s1. The minimum atomic E-state index is -4.27. The molecule has 0 unspecified atom stereocenters. The van der Waals surface area contributed by atoms with Crippen molar-refractivity contribution < 1.29 is 22.4 Å². The van der Waals surface area contributed by atoms with E-state index in [1.54, 1.807) is 4.90 Å². The number of benzene rings is 2. The van der Waals surface area contributed by atoms with Crippen LogP contribution >= 0.6 is 0 Å². The molecule has 0 aromatic heterocycles. The van der Waals surface area contributed by atoms with Crippen molar-refractivity contribution in [3.05, 3.63) is 66.0 Å². The maximum absolute atomic E-state index is 14.2. The largest absolute Gasteiger partial charge is 0.355 e. The second-order valence-corrected chi connectivity index (χ2v) is 9.88. The predicted molar refractivity (Wildman–Crippen MR) is 127 cm³/mol. The zero-order valence-electron chi connectivity index (χ0n) is 19.2. The molecule has 0 radical (unpaired) electrons. The van der Waals surface area contributed by atoms with Crippen LogP contribution in [0.4, 0.5) is 4.39 Å². The molecule has 0 aliphatic carbocycles. The Kier molecular flexibility index (Phi) is 9.14.